The summed E-state index contributed by atoms with van der Waals surface area (Å²) in [6.07, 6.45) is 0. The van der Waals surface area contributed by atoms with E-state index in [2.05, 4.69) is 35.1 Å². The van der Waals surface area contributed by atoms with Gasteiger partial charge in [0, 0.05) is 16.1 Å². The van der Waals surface area contributed by atoms with Gasteiger partial charge in [0.1, 0.15) is 11.4 Å². The van der Waals surface area contributed by atoms with Gasteiger partial charge in [-0.2, -0.15) is 0 Å². The van der Waals surface area contributed by atoms with E-state index in [1.807, 2.05) is 54.6 Å². The third-order valence-electron chi connectivity index (χ3n) is 8.08. The summed E-state index contributed by atoms with van der Waals surface area (Å²) in [4.78, 5) is 48.5. The minimum atomic E-state index is -1.12. The maximum atomic E-state index is 14.3. The van der Waals surface area contributed by atoms with Crippen molar-refractivity contribution in [1.82, 2.24) is 14.9 Å². The summed E-state index contributed by atoms with van der Waals surface area (Å²) in [6, 6.07) is 21.8. The number of aromatic nitrogens is 2. The fourth-order valence-corrected chi connectivity index (χ4v) is 6.98. The van der Waals surface area contributed by atoms with Crippen LogP contribution in [0.4, 0.5) is 5.69 Å². The number of nitrogens with zero attached hydrogens (tertiary/aromatic N) is 3. The van der Waals surface area contributed by atoms with Gasteiger partial charge in [-0.15, -0.1) is 0 Å². The molecule has 184 valence electrons. The van der Waals surface area contributed by atoms with Crippen LogP contribution in [-0.4, -0.2) is 27.4 Å². The highest BCUT2D eigenvalue weighted by atomic mass is 79.9. The second-order valence-corrected chi connectivity index (χ2v) is 11.2. The third-order valence-corrected chi connectivity index (χ3v) is 8.57. The predicted molar refractivity (Wildman–Crippen MR) is 143 cm³/mol. The molecule has 0 aliphatic carbocycles. The van der Waals surface area contributed by atoms with Crippen LogP contribution in [-0.2, 0) is 15.1 Å². The fraction of sp³-hybridized carbons (Fsp3) is 0.241. The standard InChI is InChI=1S/C29H23BrN4O3/c1-15(2)24-22-23(27(37)33(26(22)36)17-9-7-8-16(30)14-17)29(32-24)19-11-4-6-13-21(19)34-25(35)18-10-3-5-12-20(18)31-28(29)34/h3-15,22-24,32H,1-2H3/t22-,23-,24-,29-/m1/s1. The number of halogens is 1. The fourth-order valence-electron chi connectivity index (χ4n) is 6.59. The van der Waals surface area contributed by atoms with E-state index in [0.717, 1.165) is 10.0 Å². The molecule has 0 saturated carbocycles. The van der Waals surface area contributed by atoms with Crippen molar-refractivity contribution in [1.29, 1.82) is 0 Å². The molecule has 3 aliphatic rings. The zero-order valence-electron chi connectivity index (χ0n) is 20.2. The van der Waals surface area contributed by atoms with Gasteiger partial charge < -0.3 is 0 Å². The van der Waals surface area contributed by atoms with E-state index in [-0.39, 0.29) is 29.3 Å². The number of hydrogen-bond acceptors (Lipinski definition) is 5. The molecule has 8 heteroatoms. The Hall–Kier alpha value is -3.62. The van der Waals surface area contributed by atoms with Gasteiger partial charge in [0.2, 0.25) is 11.8 Å². The first-order valence-corrected chi connectivity index (χ1v) is 13.2. The second-order valence-electron chi connectivity index (χ2n) is 10.3. The molecule has 1 N–H and O–H groups in total. The molecule has 1 spiro atoms. The third kappa shape index (κ3) is 2.80. The lowest BCUT2D eigenvalue weighted by Crippen LogP contribution is -2.51. The molecule has 3 aliphatic heterocycles. The number of carbonyl (C=O) groups is 2. The number of carbonyl (C=O) groups excluding carboxylic acids is 2. The van der Waals surface area contributed by atoms with E-state index in [9.17, 15) is 14.4 Å². The van der Waals surface area contributed by atoms with Crippen molar-refractivity contribution in [2.75, 3.05) is 4.90 Å². The van der Waals surface area contributed by atoms with Crippen LogP contribution in [0.3, 0.4) is 0 Å². The average molecular weight is 555 g/mol. The van der Waals surface area contributed by atoms with Crippen LogP contribution in [0.1, 0.15) is 25.2 Å². The first kappa shape index (κ1) is 22.6. The van der Waals surface area contributed by atoms with Crippen molar-refractivity contribution < 1.29 is 9.59 Å². The Morgan fingerprint density at radius 3 is 2.49 bits per heavy atom. The summed E-state index contributed by atoms with van der Waals surface area (Å²) in [5.74, 6) is -1.35. The quantitative estimate of drug-likeness (QED) is 0.376. The number of rotatable bonds is 2. The minimum Gasteiger partial charge on any atom is -0.296 e. The normalized spacial score (nSPS) is 25.8. The number of anilines is 1. The van der Waals surface area contributed by atoms with E-state index in [1.165, 1.54) is 4.90 Å². The Bertz CT molecular complexity index is 1710. The van der Waals surface area contributed by atoms with Gasteiger partial charge in [-0.25, -0.2) is 9.88 Å². The molecule has 2 fully saturated rings. The minimum absolute atomic E-state index is 0.0551. The van der Waals surface area contributed by atoms with Crippen molar-refractivity contribution >= 4 is 44.3 Å². The summed E-state index contributed by atoms with van der Waals surface area (Å²) in [5.41, 5.74) is 1.29. The average Bonchev–Trinajstić information content (AvgIpc) is 3.48. The van der Waals surface area contributed by atoms with Crippen LogP contribution >= 0.6 is 15.9 Å². The molecule has 2 saturated heterocycles. The summed E-state index contributed by atoms with van der Waals surface area (Å²) >= 11 is 3.47. The molecule has 37 heavy (non-hydrogen) atoms. The number of fused-ring (bicyclic) bond motifs is 8. The number of hydrogen-bond donors (Lipinski definition) is 1. The summed E-state index contributed by atoms with van der Waals surface area (Å²) in [6.45, 7) is 4.10. The summed E-state index contributed by atoms with van der Waals surface area (Å²) in [5, 5.41) is 4.23. The highest BCUT2D eigenvalue weighted by Gasteiger charge is 2.70. The molecule has 1 aromatic heterocycles. The molecule has 4 atom stereocenters. The molecule has 0 bridgehead atoms. The SMILES string of the molecule is CC(C)[C@H]1N[C@]2(c3ccccc3-n3c2nc2ccccc2c3=O)[C@H]2C(=O)N(c3cccc(Br)c3)C(=O)[C@@H]12. The van der Waals surface area contributed by atoms with Crippen molar-refractivity contribution in [3.63, 3.8) is 0 Å². The zero-order chi connectivity index (χ0) is 25.6. The molecule has 3 aromatic carbocycles. The van der Waals surface area contributed by atoms with Gasteiger partial charge in [-0.05, 0) is 42.3 Å². The molecule has 7 nitrogen and oxygen atoms in total. The van der Waals surface area contributed by atoms with Crippen molar-refractivity contribution in [2.24, 2.45) is 17.8 Å². The van der Waals surface area contributed by atoms with Crippen molar-refractivity contribution in [3.8, 4) is 5.69 Å². The van der Waals surface area contributed by atoms with Gasteiger partial charge in [0.05, 0.1) is 34.1 Å². The van der Waals surface area contributed by atoms with Crippen LogP contribution in [0.5, 0.6) is 0 Å². The summed E-state index contributed by atoms with van der Waals surface area (Å²) in [7, 11) is 0. The molecule has 4 heterocycles. The Kier molecular flexibility index (Phi) is 4.69. The van der Waals surface area contributed by atoms with Gasteiger partial charge in [0.25, 0.3) is 5.56 Å². The largest absolute Gasteiger partial charge is 0.296 e. The Balaban J connectivity index is 1.54. The first-order valence-electron chi connectivity index (χ1n) is 12.4. The molecule has 4 aromatic rings. The molecular weight excluding hydrogens is 532 g/mol. The second kappa shape index (κ2) is 7.69. The molecule has 0 unspecified atom stereocenters. The van der Waals surface area contributed by atoms with E-state index in [4.69, 9.17) is 4.98 Å². The number of amides is 2. The molecule has 0 radical (unpaired) electrons. The number of para-hydroxylation sites is 2. The topological polar surface area (TPSA) is 84.3 Å². The maximum Gasteiger partial charge on any atom is 0.266 e. The lowest BCUT2D eigenvalue weighted by molar-refractivity contribution is -0.123. The van der Waals surface area contributed by atoms with Crippen LogP contribution < -0.4 is 15.8 Å². The van der Waals surface area contributed by atoms with Crippen molar-refractivity contribution in [2.45, 2.75) is 25.4 Å². The first-order chi connectivity index (χ1) is 17.8. The van der Waals surface area contributed by atoms with Crippen molar-refractivity contribution in [3.05, 3.63) is 99.0 Å². The lowest BCUT2D eigenvalue weighted by Gasteiger charge is -2.32. The molecule has 2 amide bonds. The maximum absolute atomic E-state index is 14.3. The highest BCUT2D eigenvalue weighted by molar-refractivity contribution is 9.10. The Morgan fingerprint density at radius 2 is 1.70 bits per heavy atom. The molecule has 7 rings (SSSR count). The lowest BCUT2D eigenvalue weighted by atomic mass is 9.75. The van der Waals surface area contributed by atoms with Crippen LogP contribution in [0, 0.1) is 17.8 Å². The number of benzene rings is 3. The van der Waals surface area contributed by atoms with E-state index in [1.54, 1.807) is 22.8 Å². The van der Waals surface area contributed by atoms with Gasteiger partial charge in [-0.3, -0.25) is 24.3 Å². The van der Waals surface area contributed by atoms with Crippen LogP contribution in [0.2, 0.25) is 0 Å². The number of nitrogens with one attached hydrogen (secondary N) is 1. The highest BCUT2D eigenvalue weighted by Crippen LogP contribution is 2.56. The Morgan fingerprint density at radius 1 is 0.946 bits per heavy atom. The van der Waals surface area contributed by atoms with Crippen LogP contribution in [0.15, 0.2) is 82.1 Å². The smallest absolute Gasteiger partial charge is 0.266 e. The van der Waals surface area contributed by atoms with E-state index in [0.29, 0.717) is 28.1 Å². The van der Waals surface area contributed by atoms with E-state index >= 15 is 0 Å². The monoisotopic (exact) mass is 554 g/mol. The van der Waals surface area contributed by atoms with Gasteiger partial charge in [-0.1, -0.05) is 66.2 Å². The summed E-state index contributed by atoms with van der Waals surface area (Å²) < 4.78 is 2.41. The Labute approximate surface area is 221 Å². The molecular formula is C29H23BrN4O3. The zero-order valence-corrected chi connectivity index (χ0v) is 21.8. The van der Waals surface area contributed by atoms with Crippen LogP contribution in [0.25, 0.3) is 16.6 Å². The number of imide groups is 1. The van der Waals surface area contributed by atoms with Gasteiger partial charge in [0.15, 0.2) is 0 Å². The van der Waals surface area contributed by atoms with E-state index < -0.39 is 17.4 Å². The predicted octanol–water partition coefficient (Wildman–Crippen LogP) is 4.14. The van der Waals surface area contributed by atoms with Gasteiger partial charge >= 0.3 is 0 Å².